The summed E-state index contributed by atoms with van der Waals surface area (Å²) in [6.07, 6.45) is 10.3. The van der Waals surface area contributed by atoms with Crippen LogP contribution < -0.4 is 0 Å². The van der Waals surface area contributed by atoms with Gasteiger partial charge in [-0.05, 0) is 54.7 Å². The lowest BCUT2D eigenvalue weighted by Gasteiger charge is -2.03. The molecule has 0 unspecified atom stereocenters. The van der Waals surface area contributed by atoms with Crippen LogP contribution in [0.2, 0.25) is 0 Å². The van der Waals surface area contributed by atoms with Gasteiger partial charge in [0.2, 0.25) is 0 Å². The fraction of sp³-hybridized carbons (Fsp3) is 0.538. The van der Waals surface area contributed by atoms with Gasteiger partial charge < -0.3 is 0 Å². The average molecular weight is 206 g/mol. The van der Waals surface area contributed by atoms with Gasteiger partial charge in [0.25, 0.3) is 0 Å². The first-order valence-electron chi connectivity index (χ1n) is 5.67. The average Bonchev–Trinajstić information content (AvgIpc) is 2.58. The van der Waals surface area contributed by atoms with Gasteiger partial charge in [-0.25, -0.2) is 0 Å². The van der Waals surface area contributed by atoms with E-state index in [9.17, 15) is 0 Å². The van der Waals surface area contributed by atoms with Crippen molar-refractivity contribution in [2.45, 2.75) is 45.4 Å². The summed E-state index contributed by atoms with van der Waals surface area (Å²) in [6, 6.07) is 2.31. The minimum atomic E-state index is 1.24. The lowest BCUT2D eigenvalue weighted by Crippen LogP contribution is -1.82. The maximum atomic E-state index is 2.46. The van der Waals surface area contributed by atoms with E-state index in [4.69, 9.17) is 0 Å². The normalized spacial score (nSPS) is 19.4. The number of allylic oxidation sites excluding steroid dienone is 2. The van der Waals surface area contributed by atoms with E-state index in [1.165, 1.54) is 38.5 Å². The van der Waals surface area contributed by atoms with Crippen molar-refractivity contribution in [2.24, 2.45) is 0 Å². The number of rotatable bonds is 2. The van der Waals surface area contributed by atoms with Crippen molar-refractivity contribution in [3.63, 3.8) is 0 Å². The van der Waals surface area contributed by atoms with Gasteiger partial charge in [-0.3, -0.25) is 0 Å². The Morgan fingerprint density at radius 1 is 1.36 bits per heavy atom. The molecule has 1 aliphatic rings. The SMILES string of the molecule is CCC/C=C1\CCCCc2sccc21. The molecule has 0 saturated carbocycles. The smallest absolute Gasteiger partial charge is 0.0120 e. The molecule has 0 bridgehead atoms. The van der Waals surface area contributed by atoms with E-state index in [-0.39, 0.29) is 0 Å². The number of aryl methyl sites for hydroxylation is 1. The summed E-state index contributed by atoms with van der Waals surface area (Å²) in [5.41, 5.74) is 3.17. The van der Waals surface area contributed by atoms with Crippen molar-refractivity contribution in [2.75, 3.05) is 0 Å². The molecule has 0 fully saturated rings. The maximum absolute atomic E-state index is 2.46. The van der Waals surface area contributed by atoms with Gasteiger partial charge in [0, 0.05) is 4.88 Å². The molecule has 14 heavy (non-hydrogen) atoms. The predicted molar refractivity (Wildman–Crippen MR) is 64.8 cm³/mol. The second kappa shape index (κ2) is 4.79. The van der Waals surface area contributed by atoms with Crippen LogP contribution in [0.25, 0.3) is 5.57 Å². The molecule has 0 aromatic carbocycles. The fourth-order valence-corrected chi connectivity index (χ4v) is 3.04. The van der Waals surface area contributed by atoms with E-state index in [2.05, 4.69) is 24.4 Å². The highest BCUT2D eigenvalue weighted by molar-refractivity contribution is 7.10. The summed E-state index contributed by atoms with van der Waals surface area (Å²) in [4.78, 5) is 1.62. The van der Waals surface area contributed by atoms with Gasteiger partial charge in [-0.15, -0.1) is 11.3 Å². The molecular formula is C13H18S. The molecule has 0 nitrogen and oxygen atoms in total. The Morgan fingerprint density at radius 2 is 2.21 bits per heavy atom. The molecule has 0 saturated heterocycles. The van der Waals surface area contributed by atoms with E-state index in [1.54, 1.807) is 16.0 Å². The molecule has 0 spiro atoms. The zero-order valence-electron chi connectivity index (χ0n) is 8.88. The van der Waals surface area contributed by atoms with Gasteiger partial charge in [0.05, 0.1) is 0 Å². The summed E-state index contributed by atoms with van der Waals surface area (Å²) < 4.78 is 0. The number of hydrogen-bond donors (Lipinski definition) is 0. The molecule has 0 amide bonds. The molecule has 1 aliphatic carbocycles. The van der Waals surface area contributed by atoms with Gasteiger partial charge in [-0.2, -0.15) is 0 Å². The van der Waals surface area contributed by atoms with Crippen molar-refractivity contribution in [3.8, 4) is 0 Å². The lowest BCUT2D eigenvalue weighted by atomic mass is 10.0. The van der Waals surface area contributed by atoms with Gasteiger partial charge in [0.15, 0.2) is 0 Å². The Kier molecular flexibility index (Phi) is 3.41. The van der Waals surface area contributed by atoms with E-state index >= 15 is 0 Å². The molecule has 1 aromatic rings. The topological polar surface area (TPSA) is 0 Å². The molecular weight excluding hydrogens is 188 g/mol. The molecule has 2 rings (SSSR count). The van der Waals surface area contributed by atoms with Crippen molar-refractivity contribution in [3.05, 3.63) is 28.0 Å². The van der Waals surface area contributed by atoms with E-state index in [1.807, 2.05) is 11.3 Å². The summed E-state index contributed by atoms with van der Waals surface area (Å²) in [6.45, 7) is 2.25. The maximum Gasteiger partial charge on any atom is 0.0120 e. The van der Waals surface area contributed by atoms with Gasteiger partial charge in [-0.1, -0.05) is 19.4 Å². The van der Waals surface area contributed by atoms with Crippen LogP contribution in [-0.4, -0.2) is 0 Å². The second-order valence-electron chi connectivity index (χ2n) is 3.98. The highest BCUT2D eigenvalue weighted by Crippen LogP contribution is 2.33. The molecule has 0 aliphatic heterocycles. The van der Waals surface area contributed by atoms with Crippen LogP contribution in [0.15, 0.2) is 17.5 Å². The fourth-order valence-electron chi connectivity index (χ4n) is 2.09. The van der Waals surface area contributed by atoms with Gasteiger partial charge in [0.1, 0.15) is 0 Å². The molecule has 0 N–H and O–H groups in total. The molecule has 0 atom stereocenters. The Morgan fingerprint density at radius 3 is 3.07 bits per heavy atom. The number of unbranched alkanes of at least 4 members (excludes halogenated alkanes) is 1. The van der Waals surface area contributed by atoms with E-state index in [0.717, 1.165) is 0 Å². The predicted octanol–water partition coefficient (Wildman–Crippen LogP) is 4.66. The van der Waals surface area contributed by atoms with Crippen LogP contribution in [-0.2, 0) is 6.42 Å². The Labute approximate surface area is 90.7 Å². The Bertz CT molecular complexity index is 320. The largest absolute Gasteiger partial charge is 0.148 e. The Balaban J connectivity index is 2.26. The van der Waals surface area contributed by atoms with E-state index < -0.39 is 0 Å². The minimum absolute atomic E-state index is 1.24. The van der Waals surface area contributed by atoms with Crippen molar-refractivity contribution < 1.29 is 0 Å². The van der Waals surface area contributed by atoms with Crippen LogP contribution in [0.5, 0.6) is 0 Å². The minimum Gasteiger partial charge on any atom is -0.148 e. The summed E-state index contributed by atoms with van der Waals surface area (Å²) in [5, 5.41) is 2.25. The lowest BCUT2D eigenvalue weighted by molar-refractivity contribution is 0.775. The van der Waals surface area contributed by atoms with Crippen molar-refractivity contribution >= 4 is 16.9 Å². The van der Waals surface area contributed by atoms with Crippen molar-refractivity contribution in [1.82, 2.24) is 0 Å². The molecule has 0 radical (unpaired) electrons. The standard InChI is InChI=1S/C13H18S/c1-2-3-6-11-7-4-5-8-13-12(11)9-10-14-13/h6,9-10H,2-5,7-8H2,1H3/b11-6+. The zero-order valence-corrected chi connectivity index (χ0v) is 9.70. The van der Waals surface area contributed by atoms with Crippen molar-refractivity contribution in [1.29, 1.82) is 0 Å². The van der Waals surface area contributed by atoms with Gasteiger partial charge >= 0.3 is 0 Å². The zero-order chi connectivity index (χ0) is 9.80. The van der Waals surface area contributed by atoms with Crippen LogP contribution in [0, 0.1) is 0 Å². The first kappa shape index (κ1) is 9.97. The summed E-state index contributed by atoms with van der Waals surface area (Å²) in [5.74, 6) is 0. The number of thiophene rings is 1. The third-order valence-electron chi connectivity index (χ3n) is 2.87. The number of fused-ring (bicyclic) bond motifs is 1. The molecule has 76 valence electrons. The third kappa shape index (κ3) is 2.09. The highest BCUT2D eigenvalue weighted by atomic mass is 32.1. The second-order valence-corrected chi connectivity index (χ2v) is 4.98. The van der Waals surface area contributed by atoms with E-state index in [0.29, 0.717) is 0 Å². The van der Waals surface area contributed by atoms with Crippen LogP contribution in [0.3, 0.4) is 0 Å². The monoisotopic (exact) mass is 206 g/mol. The quantitative estimate of drug-likeness (QED) is 0.617. The third-order valence-corrected chi connectivity index (χ3v) is 3.85. The Hall–Kier alpha value is -0.560. The highest BCUT2D eigenvalue weighted by Gasteiger charge is 2.12. The summed E-state index contributed by atoms with van der Waals surface area (Å²) >= 11 is 1.94. The number of hydrogen-bond acceptors (Lipinski definition) is 1. The van der Waals surface area contributed by atoms with Crippen LogP contribution in [0.1, 0.15) is 49.5 Å². The first-order chi connectivity index (χ1) is 6.92. The molecule has 1 aromatic heterocycles. The molecule has 1 heterocycles. The first-order valence-corrected chi connectivity index (χ1v) is 6.55. The van der Waals surface area contributed by atoms with Crippen LogP contribution >= 0.6 is 11.3 Å². The molecule has 1 heteroatoms. The van der Waals surface area contributed by atoms with Crippen LogP contribution in [0.4, 0.5) is 0 Å². The summed E-state index contributed by atoms with van der Waals surface area (Å²) in [7, 11) is 0.